The number of fused-ring (bicyclic) bond motifs is 1. The average Bonchev–Trinajstić information content (AvgIpc) is 3.21. The molecule has 2 aromatic carbocycles. The van der Waals surface area contributed by atoms with Crippen molar-refractivity contribution in [2.75, 3.05) is 13.2 Å². The van der Waals surface area contributed by atoms with Crippen LogP contribution in [-0.4, -0.2) is 57.6 Å². The topological polar surface area (TPSA) is 133 Å². The second kappa shape index (κ2) is 12.2. The molecule has 1 fully saturated rings. The van der Waals surface area contributed by atoms with Crippen LogP contribution in [0, 0.1) is 20.8 Å². The quantitative estimate of drug-likeness (QED) is 0.292. The number of thioether (sulfide) groups is 1. The molecule has 2 aromatic rings. The molecule has 2 unspecified atom stereocenters. The van der Waals surface area contributed by atoms with Crippen LogP contribution < -0.4 is 14.8 Å². The molecule has 2 aliphatic heterocycles. The van der Waals surface area contributed by atoms with Gasteiger partial charge in [0.2, 0.25) is 12.5 Å². The van der Waals surface area contributed by atoms with Crippen molar-refractivity contribution in [1.82, 2.24) is 5.32 Å². The molecule has 2 atom stereocenters. The summed E-state index contributed by atoms with van der Waals surface area (Å²) in [6, 6.07) is 7.44. The number of rotatable bonds is 9. The fourth-order valence-electron chi connectivity index (χ4n) is 4.90. The number of nitrogens with one attached hydrogen (secondary N) is 1. The maximum atomic E-state index is 12.2. The number of carbonyl (C=O) groups excluding carboxylic acids is 3. The van der Waals surface area contributed by atoms with Crippen molar-refractivity contribution < 1.29 is 38.5 Å². The van der Waals surface area contributed by atoms with E-state index >= 15 is 0 Å². The lowest BCUT2D eigenvalue weighted by atomic mass is 9.84. The van der Waals surface area contributed by atoms with Crippen LogP contribution in [0.1, 0.15) is 68.4 Å². The first kappa shape index (κ1) is 31.2. The molecular weight excluding hydrogens is 560 g/mol. The van der Waals surface area contributed by atoms with E-state index in [0.29, 0.717) is 54.2 Å². The number of carbonyl (C=O) groups is 3. The van der Waals surface area contributed by atoms with E-state index in [2.05, 4.69) is 10.5 Å². The van der Waals surface area contributed by atoms with Gasteiger partial charge in [0, 0.05) is 24.0 Å². The van der Waals surface area contributed by atoms with Gasteiger partial charge in [0.05, 0.1) is 17.6 Å². The normalized spacial score (nSPS) is 21.0. The second-order valence-corrected chi connectivity index (χ2v) is 13.1. The minimum Gasteiger partial charge on any atom is -0.507 e. The third kappa shape index (κ3) is 7.36. The second-order valence-electron chi connectivity index (χ2n) is 11.9. The summed E-state index contributed by atoms with van der Waals surface area (Å²) in [7, 11) is 0. The third-order valence-electron chi connectivity index (χ3n) is 7.18. The monoisotopic (exact) mass is 598 g/mol. The highest BCUT2D eigenvalue weighted by molar-refractivity contribution is 8.15. The molecule has 11 heteroatoms. The molecule has 4 rings (SSSR count). The molecule has 0 aromatic heterocycles. The predicted molar refractivity (Wildman–Crippen MR) is 159 cm³/mol. The Balaban J connectivity index is 1.45. The first-order valence-corrected chi connectivity index (χ1v) is 14.7. The third-order valence-corrected chi connectivity index (χ3v) is 8.16. The summed E-state index contributed by atoms with van der Waals surface area (Å²) in [4.78, 5) is 40.9. The Hall–Kier alpha value is -3.73. The van der Waals surface area contributed by atoms with E-state index in [-0.39, 0.29) is 23.5 Å². The zero-order valence-corrected chi connectivity index (χ0v) is 25.9. The number of phenols is 1. The first-order valence-electron chi connectivity index (χ1n) is 13.8. The van der Waals surface area contributed by atoms with Crippen molar-refractivity contribution in [2.45, 2.75) is 84.2 Å². The molecule has 2 heterocycles. The molecule has 0 spiro atoms. The summed E-state index contributed by atoms with van der Waals surface area (Å²) >= 11 is 1.01. The molecule has 2 amide bonds. The number of hydrogen-bond acceptors (Lipinski definition) is 10. The number of nitrogens with zero attached hydrogens (tertiary/aromatic N) is 1. The fraction of sp³-hybridized carbons (Fsp3) is 0.484. The first-order chi connectivity index (χ1) is 19.7. The molecule has 2 N–H and O–H groups in total. The van der Waals surface area contributed by atoms with E-state index in [1.54, 1.807) is 27.7 Å². The van der Waals surface area contributed by atoms with Gasteiger partial charge in [-0.3, -0.25) is 14.9 Å². The summed E-state index contributed by atoms with van der Waals surface area (Å²) in [5.74, 6) is 0.665. The molecular formula is C31H38N2O8S. The number of benzene rings is 2. The SMILES string of the molecule is Cc1c(C)c2c(c(C)c1O)C(=NOCC(=O)OC(C)(C)C)CC(C)(CCOc1ccc(CC3SC(=O)NC3=O)cc1)O2. The molecule has 2 aliphatic rings. The van der Waals surface area contributed by atoms with Crippen molar-refractivity contribution in [3.8, 4) is 17.2 Å². The maximum Gasteiger partial charge on any atom is 0.347 e. The minimum absolute atomic E-state index is 0.170. The van der Waals surface area contributed by atoms with Crippen LogP contribution in [-0.2, 0) is 25.6 Å². The van der Waals surface area contributed by atoms with Crippen LogP contribution in [0.4, 0.5) is 4.79 Å². The highest BCUT2D eigenvalue weighted by Crippen LogP contribution is 2.44. The van der Waals surface area contributed by atoms with Gasteiger partial charge >= 0.3 is 5.97 Å². The van der Waals surface area contributed by atoms with Crippen LogP contribution in [0.15, 0.2) is 29.4 Å². The van der Waals surface area contributed by atoms with Crippen molar-refractivity contribution >= 4 is 34.6 Å². The number of oxime groups is 1. The van der Waals surface area contributed by atoms with Crippen LogP contribution in [0.2, 0.25) is 0 Å². The number of esters is 1. The van der Waals surface area contributed by atoms with Crippen LogP contribution >= 0.6 is 11.8 Å². The van der Waals surface area contributed by atoms with E-state index in [9.17, 15) is 19.5 Å². The predicted octanol–water partition coefficient (Wildman–Crippen LogP) is 5.28. The number of imide groups is 1. The Bertz CT molecular complexity index is 1410. The minimum atomic E-state index is -0.707. The van der Waals surface area contributed by atoms with Crippen LogP contribution in [0.25, 0.3) is 0 Å². The lowest BCUT2D eigenvalue weighted by Crippen LogP contribution is -2.41. The molecule has 10 nitrogen and oxygen atoms in total. The van der Waals surface area contributed by atoms with Crippen LogP contribution in [0.5, 0.6) is 17.2 Å². The highest BCUT2D eigenvalue weighted by Gasteiger charge is 2.39. The zero-order chi connectivity index (χ0) is 30.8. The standard InChI is InChI=1S/C31H38N2O8S/c1-17-18(2)27-25(19(3)26(17)35)22(33-39-16-24(34)40-30(4,5)6)15-31(7,41-27)12-13-38-21-10-8-20(9-11-21)14-23-28(36)32-29(37)42-23/h8-11,23,35H,12-16H2,1-7H3,(H,32,36,37). The molecule has 0 saturated carbocycles. The molecule has 0 bridgehead atoms. The van der Waals surface area contributed by atoms with Gasteiger partial charge in [-0.25, -0.2) is 4.79 Å². The summed E-state index contributed by atoms with van der Waals surface area (Å²) in [6.07, 6.45) is 1.33. The van der Waals surface area contributed by atoms with Crippen molar-refractivity contribution in [1.29, 1.82) is 0 Å². The van der Waals surface area contributed by atoms with E-state index in [4.69, 9.17) is 19.0 Å². The van der Waals surface area contributed by atoms with Gasteiger partial charge in [0.15, 0.2) is 0 Å². The number of ether oxygens (including phenoxy) is 3. The van der Waals surface area contributed by atoms with Crippen LogP contribution in [0.3, 0.4) is 0 Å². The molecule has 42 heavy (non-hydrogen) atoms. The summed E-state index contributed by atoms with van der Waals surface area (Å²) < 4.78 is 17.9. The Kier molecular flexibility index (Phi) is 9.10. The van der Waals surface area contributed by atoms with Gasteiger partial charge in [0.25, 0.3) is 5.24 Å². The van der Waals surface area contributed by atoms with Crippen molar-refractivity contribution in [3.05, 3.63) is 52.1 Å². The molecule has 226 valence electrons. The summed E-state index contributed by atoms with van der Waals surface area (Å²) in [6.45, 7) is 12.8. The molecule has 0 aliphatic carbocycles. The van der Waals surface area contributed by atoms with Gasteiger partial charge < -0.3 is 24.2 Å². The van der Waals surface area contributed by atoms with Crippen molar-refractivity contribution in [2.24, 2.45) is 5.16 Å². The van der Waals surface area contributed by atoms with E-state index in [1.165, 1.54) is 0 Å². The number of aromatic hydroxyl groups is 1. The summed E-state index contributed by atoms with van der Waals surface area (Å²) in [5.41, 5.74) is 2.95. The Morgan fingerprint density at radius 3 is 2.45 bits per heavy atom. The molecule has 1 saturated heterocycles. The maximum absolute atomic E-state index is 12.2. The Labute approximate surface area is 250 Å². The van der Waals surface area contributed by atoms with Gasteiger partial charge in [-0.15, -0.1) is 0 Å². The zero-order valence-electron chi connectivity index (χ0n) is 25.1. The van der Waals surface area contributed by atoms with Crippen molar-refractivity contribution in [3.63, 3.8) is 0 Å². The lowest BCUT2D eigenvalue weighted by Gasteiger charge is -2.38. The highest BCUT2D eigenvalue weighted by atomic mass is 32.2. The molecule has 0 radical (unpaired) electrons. The van der Waals surface area contributed by atoms with E-state index in [0.717, 1.165) is 28.5 Å². The van der Waals surface area contributed by atoms with E-state index < -0.39 is 22.4 Å². The Morgan fingerprint density at radius 1 is 1.14 bits per heavy atom. The lowest BCUT2D eigenvalue weighted by molar-refractivity contribution is -0.160. The van der Waals surface area contributed by atoms with E-state index in [1.807, 2.05) is 45.0 Å². The number of amides is 2. The Morgan fingerprint density at radius 2 is 1.83 bits per heavy atom. The number of hydrogen-bond donors (Lipinski definition) is 2. The van der Waals surface area contributed by atoms with Gasteiger partial charge in [-0.2, -0.15) is 0 Å². The number of phenolic OH excluding ortho intramolecular Hbond substituents is 1. The largest absolute Gasteiger partial charge is 0.507 e. The van der Waals surface area contributed by atoms with Gasteiger partial charge in [0.1, 0.15) is 28.5 Å². The summed E-state index contributed by atoms with van der Waals surface area (Å²) in [5, 5.41) is 16.6. The smallest absolute Gasteiger partial charge is 0.347 e. The average molecular weight is 599 g/mol. The van der Waals surface area contributed by atoms with Gasteiger partial charge in [-0.05, 0) is 83.7 Å². The van der Waals surface area contributed by atoms with Gasteiger partial charge in [-0.1, -0.05) is 29.1 Å². The fourth-order valence-corrected chi connectivity index (χ4v) is 5.76.